The topological polar surface area (TPSA) is 127 Å². The van der Waals surface area contributed by atoms with Gasteiger partial charge in [0.15, 0.2) is 0 Å². The minimum atomic E-state index is -1.30. The molecule has 0 saturated heterocycles. The summed E-state index contributed by atoms with van der Waals surface area (Å²) in [4.78, 5) is 38.1. The average molecular weight is 318 g/mol. The highest BCUT2D eigenvalue weighted by Crippen LogP contribution is 2.13. The van der Waals surface area contributed by atoms with Crippen LogP contribution >= 0.6 is 0 Å². The molecule has 8 nitrogen and oxygen atoms in total. The molecule has 0 aliphatic rings. The standard InChI is InChI=1S/C15H18N4O4/c1-9-11(19-7-3-2-4-13(19)17-9)5-6-14(21)18-10(15(22)23)8-12(16)20/h2-4,7,10H,5-6,8H2,1H3,(H2,16,20)(H,18,21)(H,22,23). The van der Waals surface area contributed by atoms with Crippen LogP contribution in [0.3, 0.4) is 0 Å². The summed E-state index contributed by atoms with van der Waals surface area (Å²) in [6.07, 6.45) is 1.92. The number of hydrogen-bond donors (Lipinski definition) is 3. The van der Waals surface area contributed by atoms with Gasteiger partial charge in [0.2, 0.25) is 11.8 Å². The summed E-state index contributed by atoms with van der Waals surface area (Å²) in [6.45, 7) is 1.85. The second kappa shape index (κ2) is 6.91. The number of hydrogen-bond acceptors (Lipinski definition) is 4. The number of carboxylic acids is 1. The number of primary amides is 1. The van der Waals surface area contributed by atoms with Crippen LogP contribution in [0, 0.1) is 6.92 Å². The second-order valence-corrected chi connectivity index (χ2v) is 5.20. The number of carbonyl (C=O) groups is 3. The third kappa shape index (κ3) is 4.06. The minimum Gasteiger partial charge on any atom is -0.480 e. The number of carbonyl (C=O) groups excluding carboxylic acids is 2. The van der Waals surface area contributed by atoms with Gasteiger partial charge in [-0.1, -0.05) is 6.07 Å². The van der Waals surface area contributed by atoms with E-state index in [1.807, 2.05) is 35.7 Å². The van der Waals surface area contributed by atoms with Crippen molar-refractivity contribution in [3.8, 4) is 0 Å². The molecule has 0 radical (unpaired) electrons. The van der Waals surface area contributed by atoms with E-state index in [0.717, 1.165) is 17.0 Å². The van der Waals surface area contributed by atoms with Crippen LogP contribution in [0.25, 0.3) is 5.65 Å². The monoisotopic (exact) mass is 318 g/mol. The van der Waals surface area contributed by atoms with Crippen molar-refractivity contribution in [1.82, 2.24) is 14.7 Å². The zero-order chi connectivity index (χ0) is 17.0. The Morgan fingerprint density at radius 1 is 1.39 bits per heavy atom. The molecular weight excluding hydrogens is 300 g/mol. The highest BCUT2D eigenvalue weighted by molar-refractivity contribution is 5.88. The van der Waals surface area contributed by atoms with Gasteiger partial charge in [-0.05, 0) is 25.5 Å². The van der Waals surface area contributed by atoms with Crippen LogP contribution in [0.1, 0.15) is 24.2 Å². The van der Waals surface area contributed by atoms with E-state index in [2.05, 4.69) is 10.3 Å². The third-order valence-electron chi connectivity index (χ3n) is 3.46. The van der Waals surface area contributed by atoms with Gasteiger partial charge < -0.3 is 20.6 Å². The molecule has 1 unspecified atom stereocenters. The summed E-state index contributed by atoms with van der Waals surface area (Å²) in [6, 6.07) is 4.30. The molecule has 8 heteroatoms. The van der Waals surface area contributed by atoms with Crippen LogP contribution in [0.5, 0.6) is 0 Å². The number of imidazole rings is 1. The molecule has 23 heavy (non-hydrogen) atoms. The largest absolute Gasteiger partial charge is 0.480 e. The van der Waals surface area contributed by atoms with Gasteiger partial charge in [-0.3, -0.25) is 9.59 Å². The maximum absolute atomic E-state index is 11.9. The SMILES string of the molecule is Cc1nc2ccccn2c1CCC(=O)NC(CC(N)=O)C(=O)O. The van der Waals surface area contributed by atoms with Crippen molar-refractivity contribution >= 4 is 23.4 Å². The van der Waals surface area contributed by atoms with Crippen LogP contribution in [0.2, 0.25) is 0 Å². The van der Waals surface area contributed by atoms with E-state index in [-0.39, 0.29) is 6.42 Å². The van der Waals surface area contributed by atoms with Crippen molar-refractivity contribution < 1.29 is 19.5 Å². The number of aryl methyl sites for hydroxylation is 2. The first-order chi connectivity index (χ1) is 10.9. The molecule has 1 atom stereocenters. The Labute approximate surface area is 132 Å². The van der Waals surface area contributed by atoms with Gasteiger partial charge in [-0.2, -0.15) is 0 Å². The van der Waals surface area contributed by atoms with Crippen LogP contribution in [-0.4, -0.2) is 38.3 Å². The van der Waals surface area contributed by atoms with Crippen molar-refractivity contribution in [1.29, 1.82) is 0 Å². The van der Waals surface area contributed by atoms with Gasteiger partial charge in [-0.25, -0.2) is 9.78 Å². The lowest BCUT2D eigenvalue weighted by Crippen LogP contribution is -2.43. The average Bonchev–Trinajstić information content (AvgIpc) is 2.79. The summed E-state index contributed by atoms with van der Waals surface area (Å²) in [5.41, 5.74) is 7.47. The summed E-state index contributed by atoms with van der Waals surface area (Å²) in [5.74, 6) is -2.53. The summed E-state index contributed by atoms with van der Waals surface area (Å²) in [7, 11) is 0. The van der Waals surface area contributed by atoms with Crippen molar-refractivity contribution in [2.45, 2.75) is 32.2 Å². The van der Waals surface area contributed by atoms with E-state index in [0.29, 0.717) is 6.42 Å². The molecule has 4 N–H and O–H groups in total. The third-order valence-corrected chi connectivity index (χ3v) is 3.46. The van der Waals surface area contributed by atoms with Gasteiger partial charge in [0.1, 0.15) is 11.7 Å². The number of nitrogens with two attached hydrogens (primary N) is 1. The Kier molecular flexibility index (Phi) is 4.95. The van der Waals surface area contributed by atoms with E-state index in [9.17, 15) is 14.4 Å². The van der Waals surface area contributed by atoms with Crippen molar-refractivity contribution in [3.63, 3.8) is 0 Å². The molecule has 0 aromatic carbocycles. The number of nitrogens with zero attached hydrogens (tertiary/aromatic N) is 2. The molecule has 2 aromatic heterocycles. The first kappa shape index (κ1) is 16.5. The normalized spacial score (nSPS) is 12.0. The number of pyridine rings is 1. The second-order valence-electron chi connectivity index (χ2n) is 5.20. The van der Waals surface area contributed by atoms with E-state index in [1.54, 1.807) is 0 Å². The molecule has 0 bridgehead atoms. The molecule has 2 amide bonds. The molecule has 0 saturated carbocycles. The number of aliphatic carboxylic acids is 1. The predicted octanol–water partition coefficient (Wildman–Crippen LogP) is 0.0201. The molecule has 122 valence electrons. The number of amides is 2. The highest BCUT2D eigenvalue weighted by atomic mass is 16.4. The van der Waals surface area contributed by atoms with Crippen molar-refractivity contribution in [3.05, 3.63) is 35.8 Å². The van der Waals surface area contributed by atoms with E-state index in [4.69, 9.17) is 10.8 Å². The lowest BCUT2D eigenvalue weighted by molar-refractivity contribution is -0.143. The zero-order valence-electron chi connectivity index (χ0n) is 12.7. The van der Waals surface area contributed by atoms with E-state index >= 15 is 0 Å². The van der Waals surface area contributed by atoms with Crippen molar-refractivity contribution in [2.24, 2.45) is 5.73 Å². The fourth-order valence-electron chi connectivity index (χ4n) is 2.37. The molecule has 2 aromatic rings. The Balaban J connectivity index is 2.01. The molecule has 0 aliphatic carbocycles. The summed E-state index contributed by atoms with van der Waals surface area (Å²) in [5, 5.41) is 11.3. The van der Waals surface area contributed by atoms with E-state index < -0.39 is 30.2 Å². The smallest absolute Gasteiger partial charge is 0.326 e. The lowest BCUT2D eigenvalue weighted by atomic mass is 10.1. The minimum absolute atomic E-state index is 0.0894. The van der Waals surface area contributed by atoms with Crippen LogP contribution in [0.15, 0.2) is 24.4 Å². The molecular formula is C15H18N4O4. The zero-order valence-corrected chi connectivity index (χ0v) is 12.7. The van der Waals surface area contributed by atoms with Crippen molar-refractivity contribution in [2.75, 3.05) is 0 Å². The Hall–Kier alpha value is -2.90. The molecule has 2 rings (SSSR count). The fourth-order valence-corrected chi connectivity index (χ4v) is 2.37. The molecule has 0 spiro atoms. The number of carboxylic acid groups (broad SMARTS) is 1. The first-order valence-corrected chi connectivity index (χ1v) is 7.11. The van der Waals surface area contributed by atoms with Gasteiger partial charge in [-0.15, -0.1) is 0 Å². The summed E-state index contributed by atoms with van der Waals surface area (Å²) < 4.78 is 1.89. The van der Waals surface area contributed by atoms with E-state index in [1.165, 1.54) is 0 Å². The molecule has 0 aliphatic heterocycles. The van der Waals surface area contributed by atoms with Gasteiger partial charge in [0, 0.05) is 18.3 Å². The van der Waals surface area contributed by atoms with Gasteiger partial charge in [0.05, 0.1) is 12.1 Å². The van der Waals surface area contributed by atoms with Gasteiger partial charge in [0.25, 0.3) is 0 Å². The van der Waals surface area contributed by atoms with Crippen LogP contribution in [-0.2, 0) is 20.8 Å². The predicted molar refractivity (Wildman–Crippen MR) is 81.6 cm³/mol. The Morgan fingerprint density at radius 2 is 2.13 bits per heavy atom. The Morgan fingerprint density at radius 3 is 2.78 bits per heavy atom. The number of aromatic nitrogens is 2. The number of rotatable bonds is 7. The fraction of sp³-hybridized carbons (Fsp3) is 0.333. The maximum atomic E-state index is 11.9. The first-order valence-electron chi connectivity index (χ1n) is 7.11. The lowest BCUT2D eigenvalue weighted by Gasteiger charge is -2.12. The molecule has 0 fully saturated rings. The van der Waals surface area contributed by atoms with Gasteiger partial charge >= 0.3 is 5.97 Å². The number of nitrogens with one attached hydrogen (secondary N) is 1. The Bertz CT molecular complexity index is 753. The molecule has 2 heterocycles. The quantitative estimate of drug-likeness (QED) is 0.663. The summed E-state index contributed by atoms with van der Waals surface area (Å²) >= 11 is 0. The maximum Gasteiger partial charge on any atom is 0.326 e. The van der Waals surface area contributed by atoms with Crippen LogP contribution in [0.4, 0.5) is 0 Å². The number of fused-ring (bicyclic) bond motifs is 1. The van der Waals surface area contributed by atoms with Crippen LogP contribution < -0.4 is 11.1 Å². The highest BCUT2D eigenvalue weighted by Gasteiger charge is 2.22.